The highest BCUT2D eigenvalue weighted by atomic mass is 35.5. The fraction of sp³-hybridized carbons (Fsp3) is 0.0714. The van der Waals surface area contributed by atoms with Crippen molar-refractivity contribution >= 4 is 51.3 Å². The van der Waals surface area contributed by atoms with Gasteiger partial charge in [-0.25, -0.2) is 4.21 Å². The number of carbonyl (C=O) groups excluding carboxylic acids is 2. The Bertz CT molecular complexity index is 1660. The Morgan fingerprint density at radius 1 is 1.00 bits per heavy atom. The van der Waals surface area contributed by atoms with E-state index in [4.69, 9.17) is 11.6 Å². The largest absolute Gasteiger partial charge is 0.321 e. The van der Waals surface area contributed by atoms with Crippen molar-refractivity contribution in [3.8, 4) is 0 Å². The van der Waals surface area contributed by atoms with Gasteiger partial charge in [-0.1, -0.05) is 41.9 Å². The molecular formula is C28H20ClN3O5S. The molecule has 0 saturated carbocycles. The van der Waals surface area contributed by atoms with E-state index < -0.39 is 21.6 Å². The second kappa shape index (κ2) is 10.2. The van der Waals surface area contributed by atoms with Crippen LogP contribution in [0.15, 0.2) is 94.7 Å². The second-order valence-electron chi connectivity index (χ2n) is 8.63. The second-order valence-corrected chi connectivity index (χ2v) is 10.5. The fourth-order valence-corrected chi connectivity index (χ4v) is 5.89. The van der Waals surface area contributed by atoms with Gasteiger partial charge in [0.1, 0.15) is 0 Å². The van der Waals surface area contributed by atoms with Crippen LogP contribution in [0.1, 0.15) is 31.8 Å². The first kappa shape index (κ1) is 25.3. The van der Waals surface area contributed by atoms with Gasteiger partial charge < -0.3 is 10.2 Å². The van der Waals surface area contributed by atoms with Crippen molar-refractivity contribution in [1.82, 2.24) is 0 Å². The van der Waals surface area contributed by atoms with Crippen LogP contribution in [0.2, 0.25) is 5.02 Å². The van der Waals surface area contributed by atoms with Crippen molar-refractivity contribution in [2.24, 2.45) is 0 Å². The summed E-state index contributed by atoms with van der Waals surface area (Å²) in [4.78, 5) is 40.0. The molecule has 1 heterocycles. The summed E-state index contributed by atoms with van der Waals surface area (Å²) in [5.41, 5.74) is 2.08. The number of nitrogens with one attached hydrogen (secondary N) is 1. The monoisotopic (exact) mass is 545 g/mol. The van der Waals surface area contributed by atoms with Crippen LogP contribution in [-0.2, 0) is 17.3 Å². The maximum absolute atomic E-state index is 13.7. The molecule has 0 fully saturated rings. The van der Waals surface area contributed by atoms with Crippen molar-refractivity contribution < 1.29 is 18.7 Å². The number of anilines is 2. The number of rotatable bonds is 5. The Hall–Kier alpha value is -4.34. The average molecular weight is 546 g/mol. The van der Waals surface area contributed by atoms with E-state index in [0.29, 0.717) is 37.3 Å². The quantitative estimate of drug-likeness (QED) is 0.239. The zero-order valence-corrected chi connectivity index (χ0v) is 21.6. The highest BCUT2D eigenvalue weighted by Crippen LogP contribution is 2.36. The number of hydrogen-bond donors (Lipinski definition) is 1. The molecular weight excluding hydrogens is 526 g/mol. The van der Waals surface area contributed by atoms with E-state index >= 15 is 0 Å². The van der Waals surface area contributed by atoms with Crippen molar-refractivity contribution in [2.75, 3.05) is 10.2 Å². The Balaban J connectivity index is 1.59. The lowest BCUT2D eigenvalue weighted by Crippen LogP contribution is -2.30. The van der Waals surface area contributed by atoms with Crippen molar-refractivity contribution in [2.45, 2.75) is 23.3 Å². The molecule has 0 aliphatic carbocycles. The van der Waals surface area contributed by atoms with Gasteiger partial charge in [-0.3, -0.25) is 19.7 Å². The molecule has 8 nitrogen and oxygen atoms in total. The first-order valence-electron chi connectivity index (χ1n) is 11.5. The van der Waals surface area contributed by atoms with Crippen LogP contribution in [0.3, 0.4) is 0 Å². The first-order valence-corrected chi connectivity index (χ1v) is 13.0. The van der Waals surface area contributed by atoms with Crippen LogP contribution in [-0.4, -0.2) is 20.9 Å². The number of amides is 2. The minimum atomic E-state index is -1.68. The molecule has 1 unspecified atom stereocenters. The van der Waals surface area contributed by atoms with Crippen LogP contribution in [0.5, 0.6) is 0 Å². The maximum atomic E-state index is 13.7. The van der Waals surface area contributed by atoms with Crippen LogP contribution < -0.4 is 10.2 Å². The molecule has 0 spiro atoms. The lowest BCUT2D eigenvalue weighted by atomic mass is 10.1. The Labute approximate surface area is 225 Å². The SMILES string of the molecule is Cc1c(NC(=O)c2ccc3c(c2)N(Cc2cccc(Cl)c2)C(=O)c2ccccc2S3=O)cccc1[N+](=O)[O-]. The summed E-state index contributed by atoms with van der Waals surface area (Å²) in [5.74, 6) is -0.890. The number of nitro groups is 1. The van der Waals surface area contributed by atoms with Gasteiger partial charge in [0.05, 0.1) is 54.6 Å². The fourth-order valence-electron chi connectivity index (χ4n) is 4.33. The van der Waals surface area contributed by atoms with Crippen molar-refractivity contribution in [1.29, 1.82) is 0 Å². The maximum Gasteiger partial charge on any atom is 0.274 e. The Kier molecular flexibility index (Phi) is 6.79. The van der Waals surface area contributed by atoms with Gasteiger partial charge in [0.15, 0.2) is 0 Å². The molecule has 0 radical (unpaired) electrons. The summed E-state index contributed by atoms with van der Waals surface area (Å²) in [5, 5.41) is 14.5. The van der Waals surface area contributed by atoms with E-state index in [9.17, 15) is 23.9 Å². The third kappa shape index (κ3) is 4.69. The molecule has 1 atom stereocenters. The molecule has 5 rings (SSSR count). The van der Waals surface area contributed by atoms with Crippen LogP contribution in [0, 0.1) is 17.0 Å². The highest BCUT2D eigenvalue weighted by Gasteiger charge is 2.31. The van der Waals surface area contributed by atoms with E-state index in [1.807, 2.05) is 6.07 Å². The van der Waals surface area contributed by atoms with Gasteiger partial charge in [0.2, 0.25) is 0 Å². The number of benzene rings is 4. The number of fused-ring (bicyclic) bond motifs is 2. The lowest BCUT2D eigenvalue weighted by Gasteiger charge is -2.24. The molecule has 1 aliphatic heterocycles. The third-order valence-electron chi connectivity index (χ3n) is 6.25. The van der Waals surface area contributed by atoms with Gasteiger partial charge >= 0.3 is 0 Å². The molecule has 38 heavy (non-hydrogen) atoms. The summed E-state index contributed by atoms with van der Waals surface area (Å²) in [6.07, 6.45) is 0. The normalized spacial score (nSPS) is 14.3. The minimum absolute atomic E-state index is 0.115. The zero-order chi connectivity index (χ0) is 27.0. The number of nitrogens with zero attached hydrogens (tertiary/aromatic N) is 2. The van der Waals surface area contributed by atoms with Gasteiger partial charge in [-0.15, -0.1) is 0 Å². The molecule has 2 amide bonds. The predicted octanol–water partition coefficient (Wildman–Crippen LogP) is 6.14. The lowest BCUT2D eigenvalue weighted by molar-refractivity contribution is -0.385. The molecule has 0 aromatic heterocycles. The zero-order valence-electron chi connectivity index (χ0n) is 20.0. The Morgan fingerprint density at radius 3 is 2.53 bits per heavy atom. The molecule has 0 saturated heterocycles. The van der Waals surface area contributed by atoms with Gasteiger partial charge in [-0.2, -0.15) is 0 Å². The van der Waals surface area contributed by atoms with Crippen LogP contribution >= 0.6 is 11.6 Å². The number of nitro benzene ring substituents is 1. The molecule has 0 bridgehead atoms. The molecule has 190 valence electrons. The number of halogens is 1. The molecule has 10 heteroatoms. The van der Waals surface area contributed by atoms with E-state index in [1.165, 1.54) is 29.2 Å². The smallest absolute Gasteiger partial charge is 0.274 e. The Morgan fingerprint density at radius 2 is 1.76 bits per heavy atom. The summed E-state index contributed by atoms with van der Waals surface area (Å²) in [6, 6.07) is 22.8. The van der Waals surface area contributed by atoms with Crippen LogP contribution in [0.25, 0.3) is 0 Å². The minimum Gasteiger partial charge on any atom is -0.321 e. The van der Waals surface area contributed by atoms with Crippen molar-refractivity contribution in [3.05, 3.63) is 122 Å². The standard InChI is InChI=1S/C28H20ClN3O5S/c1-17-22(9-5-10-23(17)32(35)36)30-27(33)19-12-13-26-24(15-19)31(16-18-6-4-7-20(29)14-18)28(34)21-8-2-3-11-25(21)38(26)37/h2-15H,16H2,1H3,(H,30,33). The van der Waals surface area contributed by atoms with E-state index in [1.54, 1.807) is 61.5 Å². The number of hydrogen-bond acceptors (Lipinski definition) is 5. The topological polar surface area (TPSA) is 110 Å². The summed E-state index contributed by atoms with van der Waals surface area (Å²) in [7, 11) is -1.68. The van der Waals surface area contributed by atoms with E-state index in [0.717, 1.165) is 5.56 Å². The van der Waals surface area contributed by atoms with Crippen LogP contribution in [0.4, 0.5) is 17.1 Å². The molecule has 1 aliphatic rings. The average Bonchev–Trinajstić information content (AvgIpc) is 2.99. The summed E-state index contributed by atoms with van der Waals surface area (Å²) in [6.45, 7) is 1.68. The summed E-state index contributed by atoms with van der Waals surface area (Å²) >= 11 is 6.18. The summed E-state index contributed by atoms with van der Waals surface area (Å²) < 4.78 is 13.6. The van der Waals surface area contributed by atoms with E-state index in [2.05, 4.69) is 5.32 Å². The van der Waals surface area contributed by atoms with E-state index in [-0.39, 0.29) is 23.7 Å². The van der Waals surface area contributed by atoms with Gasteiger partial charge in [0, 0.05) is 16.7 Å². The van der Waals surface area contributed by atoms with Crippen molar-refractivity contribution in [3.63, 3.8) is 0 Å². The van der Waals surface area contributed by atoms with Gasteiger partial charge in [-0.05, 0) is 61.0 Å². The molecule has 4 aromatic carbocycles. The molecule has 1 N–H and O–H groups in total. The molecule has 4 aromatic rings. The predicted molar refractivity (Wildman–Crippen MR) is 145 cm³/mol. The first-order chi connectivity index (χ1) is 18.2. The van der Waals surface area contributed by atoms with Gasteiger partial charge in [0.25, 0.3) is 17.5 Å². The highest BCUT2D eigenvalue weighted by molar-refractivity contribution is 7.85. The third-order valence-corrected chi connectivity index (χ3v) is 7.99. The number of carbonyl (C=O) groups is 2.